The Labute approximate surface area is 153 Å². The van der Waals surface area contributed by atoms with Gasteiger partial charge in [0, 0.05) is 28.4 Å². The lowest BCUT2D eigenvalue weighted by atomic mass is 10.2. The molecule has 0 aliphatic heterocycles. The van der Waals surface area contributed by atoms with Crippen molar-refractivity contribution in [1.82, 2.24) is 15.3 Å². The summed E-state index contributed by atoms with van der Waals surface area (Å²) in [6, 6.07) is 10.5. The number of rotatable bonds is 6. The molecule has 0 radical (unpaired) electrons. The summed E-state index contributed by atoms with van der Waals surface area (Å²) in [5, 5.41) is 8.41. The first-order chi connectivity index (χ1) is 12.2. The maximum absolute atomic E-state index is 11.9. The molecular weight excluding hydrogens is 360 g/mol. The molecule has 2 amide bonds. The van der Waals surface area contributed by atoms with Gasteiger partial charge in [0.1, 0.15) is 12.4 Å². The van der Waals surface area contributed by atoms with Crippen LogP contribution in [-0.4, -0.2) is 29.2 Å². The Morgan fingerprint density at radius 1 is 1.28 bits per heavy atom. The Balaban J connectivity index is 1.43. The Morgan fingerprint density at radius 3 is 3.00 bits per heavy atom. The van der Waals surface area contributed by atoms with Crippen molar-refractivity contribution in [3.8, 4) is 17.0 Å². The standard InChI is InChI=1S/C17H15ClN4O2S/c18-13-4-1-5-14(9-13)24-8-7-20-16(23)22-17-21-15(11-25-17)12-3-2-6-19-10-12/h1-6,9-11H,7-8H2,(H2,20,21,22,23). The summed E-state index contributed by atoms with van der Waals surface area (Å²) in [5.41, 5.74) is 1.68. The molecule has 0 atom stereocenters. The maximum Gasteiger partial charge on any atom is 0.321 e. The summed E-state index contributed by atoms with van der Waals surface area (Å²) < 4.78 is 5.50. The van der Waals surface area contributed by atoms with Crippen LogP contribution in [-0.2, 0) is 0 Å². The Hall–Kier alpha value is -2.64. The van der Waals surface area contributed by atoms with Crippen molar-refractivity contribution in [2.75, 3.05) is 18.5 Å². The van der Waals surface area contributed by atoms with Gasteiger partial charge in [-0.2, -0.15) is 0 Å². The van der Waals surface area contributed by atoms with Crippen molar-refractivity contribution >= 4 is 34.1 Å². The van der Waals surface area contributed by atoms with Crippen LogP contribution in [0.2, 0.25) is 5.02 Å². The molecule has 0 spiro atoms. The molecule has 0 aliphatic carbocycles. The van der Waals surface area contributed by atoms with Crippen molar-refractivity contribution in [1.29, 1.82) is 0 Å². The number of nitrogens with zero attached hydrogens (tertiary/aromatic N) is 2. The average Bonchev–Trinajstić information content (AvgIpc) is 3.08. The van der Waals surface area contributed by atoms with E-state index in [4.69, 9.17) is 16.3 Å². The zero-order chi connectivity index (χ0) is 17.5. The highest BCUT2D eigenvalue weighted by Gasteiger charge is 2.07. The van der Waals surface area contributed by atoms with Crippen LogP contribution in [0.3, 0.4) is 0 Å². The lowest BCUT2D eigenvalue weighted by Gasteiger charge is -2.08. The average molecular weight is 375 g/mol. The molecule has 3 aromatic rings. The number of hydrogen-bond acceptors (Lipinski definition) is 5. The maximum atomic E-state index is 11.9. The number of anilines is 1. The summed E-state index contributed by atoms with van der Waals surface area (Å²) in [5.74, 6) is 0.663. The molecule has 6 nitrogen and oxygen atoms in total. The number of carbonyl (C=O) groups is 1. The summed E-state index contributed by atoms with van der Waals surface area (Å²) in [6.45, 7) is 0.700. The molecule has 25 heavy (non-hydrogen) atoms. The summed E-state index contributed by atoms with van der Waals surface area (Å²) in [4.78, 5) is 20.3. The second-order valence-corrected chi connectivity index (χ2v) is 6.26. The van der Waals surface area contributed by atoms with E-state index in [9.17, 15) is 4.79 Å². The molecule has 8 heteroatoms. The molecule has 2 N–H and O–H groups in total. The topological polar surface area (TPSA) is 76.1 Å². The summed E-state index contributed by atoms with van der Waals surface area (Å²) in [7, 11) is 0. The van der Waals surface area contributed by atoms with Crippen LogP contribution in [0, 0.1) is 0 Å². The van der Waals surface area contributed by atoms with Gasteiger partial charge < -0.3 is 10.1 Å². The normalized spacial score (nSPS) is 10.3. The second-order valence-electron chi connectivity index (χ2n) is 4.97. The smallest absolute Gasteiger partial charge is 0.321 e. The van der Waals surface area contributed by atoms with Gasteiger partial charge in [-0.25, -0.2) is 9.78 Å². The van der Waals surface area contributed by atoms with E-state index in [1.54, 1.807) is 30.6 Å². The van der Waals surface area contributed by atoms with E-state index in [1.165, 1.54) is 11.3 Å². The highest BCUT2D eigenvalue weighted by Crippen LogP contribution is 2.23. The Kier molecular flexibility index (Phi) is 5.81. The zero-order valence-corrected chi connectivity index (χ0v) is 14.7. The fourth-order valence-corrected chi connectivity index (χ4v) is 2.90. The van der Waals surface area contributed by atoms with E-state index in [-0.39, 0.29) is 6.03 Å². The third-order valence-electron chi connectivity index (χ3n) is 3.13. The zero-order valence-electron chi connectivity index (χ0n) is 13.1. The van der Waals surface area contributed by atoms with E-state index < -0.39 is 0 Å². The third kappa shape index (κ3) is 5.17. The number of benzene rings is 1. The van der Waals surface area contributed by atoms with Crippen molar-refractivity contribution in [2.45, 2.75) is 0 Å². The van der Waals surface area contributed by atoms with Gasteiger partial charge in [0.2, 0.25) is 0 Å². The second kappa shape index (κ2) is 8.46. The molecule has 128 valence electrons. The van der Waals surface area contributed by atoms with Crippen LogP contribution in [0.25, 0.3) is 11.3 Å². The predicted molar refractivity (Wildman–Crippen MR) is 99.3 cm³/mol. The molecule has 0 saturated carbocycles. The van der Waals surface area contributed by atoms with Gasteiger partial charge in [0.25, 0.3) is 0 Å². The number of nitrogens with one attached hydrogen (secondary N) is 2. The first-order valence-corrected chi connectivity index (χ1v) is 8.75. The number of halogens is 1. The van der Waals surface area contributed by atoms with E-state index >= 15 is 0 Å². The van der Waals surface area contributed by atoms with Gasteiger partial charge in [-0.1, -0.05) is 17.7 Å². The van der Waals surface area contributed by atoms with Crippen LogP contribution in [0.1, 0.15) is 0 Å². The van der Waals surface area contributed by atoms with E-state index in [0.29, 0.717) is 29.1 Å². The molecule has 0 aliphatic rings. The third-order valence-corrected chi connectivity index (χ3v) is 4.13. The van der Waals surface area contributed by atoms with Gasteiger partial charge in [-0.3, -0.25) is 10.3 Å². The number of ether oxygens (including phenoxy) is 1. The Morgan fingerprint density at radius 2 is 2.20 bits per heavy atom. The molecule has 2 heterocycles. The van der Waals surface area contributed by atoms with E-state index in [0.717, 1.165) is 11.3 Å². The number of pyridine rings is 1. The molecule has 0 bridgehead atoms. The summed E-state index contributed by atoms with van der Waals surface area (Å²) in [6.07, 6.45) is 3.43. The summed E-state index contributed by atoms with van der Waals surface area (Å²) >= 11 is 7.23. The van der Waals surface area contributed by atoms with Gasteiger partial charge in [-0.05, 0) is 30.3 Å². The molecular formula is C17H15ClN4O2S. The van der Waals surface area contributed by atoms with E-state index in [1.807, 2.05) is 23.6 Å². The molecule has 0 fully saturated rings. The first-order valence-electron chi connectivity index (χ1n) is 7.50. The number of urea groups is 1. The van der Waals surface area contributed by atoms with Crippen molar-refractivity contribution in [3.63, 3.8) is 0 Å². The number of carbonyl (C=O) groups excluding carboxylic acids is 1. The number of thiazole rings is 1. The van der Waals surface area contributed by atoms with E-state index in [2.05, 4.69) is 20.6 Å². The fourth-order valence-electron chi connectivity index (χ4n) is 2.01. The highest BCUT2D eigenvalue weighted by molar-refractivity contribution is 7.14. The van der Waals surface area contributed by atoms with Crippen LogP contribution >= 0.6 is 22.9 Å². The molecule has 1 aromatic carbocycles. The van der Waals surface area contributed by atoms with Crippen molar-refractivity contribution in [2.24, 2.45) is 0 Å². The Bertz CT molecular complexity index is 841. The van der Waals surface area contributed by atoms with Crippen LogP contribution in [0.15, 0.2) is 54.2 Å². The molecule has 2 aromatic heterocycles. The predicted octanol–water partition coefficient (Wildman–Crippen LogP) is 4.06. The van der Waals surface area contributed by atoms with Crippen LogP contribution in [0.4, 0.5) is 9.93 Å². The van der Waals surface area contributed by atoms with Gasteiger partial charge in [-0.15, -0.1) is 11.3 Å². The SMILES string of the molecule is O=C(NCCOc1cccc(Cl)c1)Nc1nc(-c2cccnc2)cs1. The highest BCUT2D eigenvalue weighted by atomic mass is 35.5. The lowest BCUT2D eigenvalue weighted by molar-refractivity contribution is 0.247. The van der Waals surface area contributed by atoms with Crippen molar-refractivity contribution < 1.29 is 9.53 Å². The van der Waals surface area contributed by atoms with Crippen LogP contribution < -0.4 is 15.4 Å². The minimum atomic E-state index is -0.332. The fraction of sp³-hybridized carbons (Fsp3) is 0.118. The number of aromatic nitrogens is 2. The lowest BCUT2D eigenvalue weighted by Crippen LogP contribution is -2.32. The first kappa shape index (κ1) is 17.2. The quantitative estimate of drug-likeness (QED) is 0.638. The largest absolute Gasteiger partial charge is 0.492 e. The number of amides is 2. The van der Waals surface area contributed by atoms with Crippen LogP contribution in [0.5, 0.6) is 5.75 Å². The van der Waals surface area contributed by atoms with Gasteiger partial charge in [0.15, 0.2) is 5.13 Å². The molecule has 0 unspecified atom stereocenters. The monoisotopic (exact) mass is 374 g/mol. The minimum Gasteiger partial charge on any atom is -0.492 e. The minimum absolute atomic E-state index is 0.332. The van der Waals surface area contributed by atoms with Gasteiger partial charge >= 0.3 is 6.03 Å². The van der Waals surface area contributed by atoms with Gasteiger partial charge in [0.05, 0.1) is 12.2 Å². The molecule has 3 rings (SSSR count). The number of hydrogen-bond donors (Lipinski definition) is 2. The van der Waals surface area contributed by atoms with Crippen molar-refractivity contribution in [3.05, 3.63) is 59.2 Å². The molecule has 0 saturated heterocycles.